The topological polar surface area (TPSA) is 83.4 Å². The molecule has 0 spiro atoms. The van der Waals surface area contributed by atoms with Crippen LogP contribution in [0, 0.1) is 6.92 Å². The highest BCUT2D eigenvalue weighted by Gasteiger charge is 2.20. The first-order valence-electron chi connectivity index (χ1n) is 5.56. The molecule has 102 valence electrons. The van der Waals surface area contributed by atoms with Crippen LogP contribution in [-0.2, 0) is 6.54 Å². The minimum absolute atomic E-state index is 0.178. The number of ether oxygens (including phenoxy) is 2. The Morgan fingerprint density at radius 2 is 2.11 bits per heavy atom. The van der Waals surface area contributed by atoms with Crippen molar-refractivity contribution in [1.82, 2.24) is 10.1 Å². The van der Waals surface area contributed by atoms with E-state index in [-0.39, 0.29) is 6.54 Å². The molecule has 6 nitrogen and oxygen atoms in total. The second-order valence-corrected chi connectivity index (χ2v) is 4.22. The van der Waals surface area contributed by atoms with Crippen LogP contribution < -0.4 is 15.2 Å². The largest absolute Gasteiger partial charge is 0.493 e. The molecule has 1 heterocycles. The Balaban J connectivity index is 2.63. The summed E-state index contributed by atoms with van der Waals surface area (Å²) < 4.78 is 15.5. The van der Waals surface area contributed by atoms with Crippen molar-refractivity contribution >= 4 is 11.6 Å². The molecule has 0 amide bonds. The zero-order chi connectivity index (χ0) is 14.0. The van der Waals surface area contributed by atoms with Crippen LogP contribution in [0.5, 0.6) is 11.5 Å². The summed E-state index contributed by atoms with van der Waals surface area (Å²) in [5.74, 6) is 1.86. The first kappa shape index (κ1) is 13.6. The van der Waals surface area contributed by atoms with Crippen molar-refractivity contribution in [3.05, 3.63) is 22.5 Å². The summed E-state index contributed by atoms with van der Waals surface area (Å²) in [5.41, 5.74) is 6.86. The summed E-state index contributed by atoms with van der Waals surface area (Å²) in [6, 6.07) is 1.65. The Hall–Kier alpha value is -1.79. The Morgan fingerprint density at radius 1 is 1.37 bits per heavy atom. The van der Waals surface area contributed by atoms with Crippen molar-refractivity contribution in [2.45, 2.75) is 13.5 Å². The predicted octanol–water partition coefficient (Wildman–Crippen LogP) is 2.17. The highest BCUT2D eigenvalue weighted by atomic mass is 35.5. The van der Waals surface area contributed by atoms with Crippen LogP contribution >= 0.6 is 11.6 Å². The molecular weight excluding hydrogens is 270 g/mol. The lowest BCUT2D eigenvalue weighted by Gasteiger charge is -2.14. The van der Waals surface area contributed by atoms with E-state index in [1.807, 2.05) is 6.92 Å². The molecule has 0 radical (unpaired) electrons. The van der Waals surface area contributed by atoms with E-state index >= 15 is 0 Å². The Kier molecular flexibility index (Phi) is 3.92. The number of aromatic nitrogens is 2. The minimum atomic E-state index is 0.178. The third kappa shape index (κ3) is 2.36. The lowest BCUT2D eigenvalue weighted by molar-refractivity contribution is 0.353. The molecular formula is C12H14ClN3O3. The van der Waals surface area contributed by atoms with Gasteiger partial charge in [-0.1, -0.05) is 16.8 Å². The van der Waals surface area contributed by atoms with Crippen LogP contribution in [0.2, 0.25) is 5.02 Å². The summed E-state index contributed by atoms with van der Waals surface area (Å²) in [6.07, 6.45) is 0. The Morgan fingerprint density at radius 3 is 2.63 bits per heavy atom. The number of halogens is 1. The molecule has 0 atom stereocenters. The quantitative estimate of drug-likeness (QED) is 0.926. The average Bonchev–Trinajstić information content (AvgIpc) is 2.86. The van der Waals surface area contributed by atoms with Crippen LogP contribution in [0.4, 0.5) is 0 Å². The molecule has 2 N–H and O–H groups in total. The third-order valence-electron chi connectivity index (χ3n) is 2.73. The van der Waals surface area contributed by atoms with E-state index in [1.165, 1.54) is 0 Å². The van der Waals surface area contributed by atoms with Gasteiger partial charge in [-0.3, -0.25) is 0 Å². The number of rotatable bonds is 4. The van der Waals surface area contributed by atoms with Gasteiger partial charge >= 0.3 is 0 Å². The Labute approximate surface area is 115 Å². The van der Waals surface area contributed by atoms with Crippen molar-refractivity contribution in [3.8, 4) is 22.9 Å². The maximum absolute atomic E-state index is 6.24. The van der Waals surface area contributed by atoms with Gasteiger partial charge in [0, 0.05) is 17.2 Å². The van der Waals surface area contributed by atoms with Gasteiger partial charge in [0.1, 0.15) is 0 Å². The van der Waals surface area contributed by atoms with Gasteiger partial charge in [-0.15, -0.1) is 0 Å². The van der Waals surface area contributed by atoms with Gasteiger partial charge in [0.05, 0.1) is 25.8 Å². The molecule has 0 fully saturated rings. The maximum Gasteiger partial charge on any atom is 0.240 e. The number of nitrogens with two attached hydrogens (primary N) is 1. The molecule has 1 aromatic carbocycles. The van der Waals surface area contributed by atoms with Crippen molar-refractivity contribution in [2.75, 3.05) is 14.2 Å². The summed E-state index contributed by atoms with van der Waals surface area (Å²) in [5, 5.41) is 4.32. The molecule has 7 heteroatoms. The van der Waals surface area contributed by atoms with Crippen molar-refractivity contribution in [1.29, 1.82) is 0 Å². The minimum Gasteiger partial charge on any atom is -0.493 e. The monoisotopic (exact) mass is 283 g/mol. The summed E-state index contributed by atoms with van der Waals surface area (Å²) in [4.78, 5) is 4.17. The molecule has 0 aliphatic carbocycles. The van der Waals surface area contributed by atoms with E-state index in [0.717, 1.165) is 5.56 Å². The van der Waals surface area contributed by atoms with E-state index < -0.39 is 0 Å². The fraction of sp³-hybridized carbons (Fsp3) is 0.333. The zero-order valence-corrected chi connectivity index (χ0v) is 11.6. The average molecular weight is 284 g/mol. The summed E-state index contributed by atoms with van der Waals surface area (Å²) >= 11 is 6.24. The highest BCUT2D eigenvalue weighted by Crippen LogP contribution is 2.41. The van der Waals surface area contributed by atoms with Gasteiger partial charge in [0.15, 0.2) is 11.5 Å². The van der Waals surface area contributed by atoms with Gasteiger partial charge in [0.2, 0.25) is 11.7 Å². The lowest BCUT2D eigenvalue weighted by atomic mass is 10.1. The summed E-state index contributed by atoms with van der Waals surface area (Å²) in [6.45, 7) is 2.03. The number of nitrogens with zero attached hydrogens (tertiary/aromatic N) is 2. The number of benzene rings is 1. The van der Waals surface area contributed by atoms with E-state index in [2.05, 4.69) is 10.1 Å². The second-order valence-electron chi connectivity index (χ2n) is 3.81. The Bertz CT molecular complexity index is 598. The van der Waals surface area contributed by atoms with Crippen LogP contribution in [-0.4, -0.2) is 24.4 Å². The molecule has 0 bridgehead atoms. The fourth-order valence-electron chi connectivity index (χ4n) is 1.85. The normalized spacial score (nSPS) is 10.6. The smallest absolute Gasteiger partial charge is 0.240 e. The van der Waals surface area contributed by atoms with Crippen LogP contribution in [0.15, 0.2) is 10.6 Å². The van der Waals surface area contributed by atoms with Crippen LogP contribution in [0.3, 0.4) is 0 Å². The zero-order valence-electron chi connectivity index (χ0n) is 10.9. The summed E-state index contributed by atoms with van der Waals surface area (Å²) in [7, 11) is 3.11. The fourth-order valence-corrected chi connectivity index (χ4v) is 2.17. The van der Waals surface area contributed by atoms with E-state index in [9.17, 15) is 0 Å². The van der Waals surface area contributed by atoms with Crippen molar-refractivity contribution < 1.29 is 14.0 Å². The SMILES string of the molecule is COc1cc(Cl)c(-c2noc(CN)n2)c(C)c1OC. The van der Waals surface area contributed by atoms with Gasteiger partial charge in [-0.25, -0.2) is 0 Å². The first-order valence-corrected chi connectivity index (χ1v) is 5.94. The maximum atomic E-state index is 6.24. The number of hydrogen-bond donors (Lipinski definition) is 1. The van der Waals surface area contributed by atoms with Gasteiger partial charge < -0.3 is 19.7 Å². The molecule has 1 aromatic heterocycles. The molecule has 2 rings (SSSR count). The molecule has 0 unspecified atom stereocenters. The van der Waals surface area contributed by atoms with Gasteiger partial charge in [-0.05, 0) is 6.92 Å². The second kappa shape index (κ2) is 5.46. The molecule has 0 saturated heterocycles. The molecule has 0 aliphatic heterocycles. The van der Waals surface area contributed by atoms with Gasteiger partial charge in [-0.2, -0.15) is 4.98 Å². The molecule has 0 saturated carbocycles. The van der Waals surface area contributed by atoms with E-state index in [0.29, 0.717) is 33.8 Å². The van der Waals surface area contributed by atoms with Gasteiger partial charge in [0.25, 0.3) is 0 Å². The molecule has 2 aromatic rings. The lowest BCUT2D eigenvalue weighted by Crippen LogP contribution is -1.98. The third-order valence-corrected chi connectivity index (χ3v) is 3.02. The molecule has 0 aliphatic rings. The van der Waals surface area contributed by atoms with Crippen LogP contribution in [0.1, 0.15) is 11.5 Å². The standard InChI is InChI=1S/C12H14ClN3O3/c1-6-10(12-15-9(5-14)19-16-12)7(13)4-8(17-2)11(6)18-3/h4H,5,14H2,1-3H3. The van der Waals surface area contributed by atoms with E-state index in [4.69, 9.17) is 31.3 Å². The first-order chi connectivity index (χ1) is 9.12. The van der Waals surface area contributed by atoms with Crippen molar-refractivity contribution in [2.24, 2.45) is 5.73 Å². The predicted molar refractivity (Wildman–Crippen MR) is 70.5 cm³/mol. The van der Waals surface area contributed by atoms with E-state index in [1.54, 1.807) is 20.3 Å². The van der Waals surface area contributed by atoms with Crippen molar-refractivity contribution in [3.63, 3.8) is 0 Å². The number of methoxy groups -OCH3 is 2. The van der Waals surface area contributed by atoms with Crippen LogP contribution in [0.25, 0.3) is 11.4 Å². The highest BCUT2D eigenvalue weighted by molar-refractivity contribution is 6.33. The number of hydrogen-bond acceptors (Lipinski definition) is 6. The molecule has 19 heavy (non-hydrogen) atoms.